The number of carboxylic acids is 1. The Morgan fingerprint density at radius 3 is 2.56 bits per heavy atom. The van der Waals surface area contributed by atoms with Gasteiger partial charge in [0.25, 0.3) is 0 Å². The molecule has 0 heterocycles. The molecule has 0 bridgehead atoms. The summed E-state index contributed by atoms with van der Waals surface area (Å²) in [5.74, 6) is 0.284. The van der Waals surface area contributed by atoms with Crippen LogP contribution in [-0.2, 0) is 4.79 Å². The number of hydrogen-bond acceptors (Lipinski definition) is 3. The van der Waals surface area contributed by atoms with Crippen molar-refractivity contribution in [2.75, 3.05) is 13.7 Å². The number of hydrogen-bond donors (Lipinski definition) is 1. The summed E-state index contributed by atoms with van der Waals surface area (Å²) >= 11 is 0. The molecule has 0 aliphatic carbocycles. The molecule has 0 atom stereocenters. The van der Waals surface area contributed by atoms with E-state index in [4.69, 9.17) is 14.6 Å². The van der Waals surface area contributed by atoms with Gasteiger partial charge in [0.15, 0.2) is 11.5 Å². The second kappa shape index (κ2) is 5.80. The van der Waals surface area contributed by atoms with E-state index in [0.717, 1.165) is 0 Å². The lowest BCUT2D eigenvalue weighted by Gasteiger charge is -2.08. The molecule has 0 aliphatic heterocycles. The maximum Gasteiger partial charge on any atom is 0.331 e. The second-order valence-electron chi connectivity index (χ2n) is 3.15. The molecular weight excluding hydrogens is 208 g/mol. The van der Waals surface area contributed by atoms with Crippen LogP contribution in [0.4, 0.5) is 0 Å². The second-order valence-corrected chi connectivity index (χ2v) is 3.15. The maximum absolute atomic E-state index is 10.5. The van der Waals surface area contributed by atoms with E-state index < -0.39 is 5.97 Å². The van der Waals surface area contributed by atoms with Gasteiger partial charge in [-0.2, -0.15) is 0 Å². The van der Waals surface area contributed by atoms with Gasteiger partial charge >= 0.3 is 5.97 Å². The number of carbonyl (C=O) groups is 1. The van der Waals surface area contributed by atoms with E-state index in [-0.39, 0.29) is 12.2 Å². The van der Waals surface area contributed by atoms with Gasteiger partial charge in [-0.15, -0.1) is 0 Å². The SMILES string of the molecule is COc1ccccc1OCC=C(C)C(=O)O. The normalized spacial score (nSPS) is 11.0. The lowest BCUT2D eigenvalue weighted by atomic mass is 10.3. The molecule has 1 aromatic rings. The molecule has 0 saturated carbocycles. The van der Waals surface area contributed by atoms with Crippen molar-refractivity contribution in [3.8, 4) is 11.5 Å². The third kappa shape index (κ3) is 3.31. The summed E-state index contributed by atoms with van der Waals surface area (Å²) in [4.78, 5) is 10.5. The van der Waals surface area contributed by atoms with Crippen LogP contribution < -0.4 is 9.47 Å². The number of rotatable bonds is 5. The standard InChI is InChI=1S/C12H14O4/c1-9(12(13)14)7-8-16-11-6-4-3-5-10(11)15-2/h3-7H,8H2,1-2H3,(H,13,14). The Labute approximate surface area is 94.1 Å². The zero-order valence-electron chi connectivity index (χ0n) is 9.27. The molecular formula is C12H14O4. The van der Waals surface area contributed by atoms with Crippen molar-refractivity contribution in [3.05, 3.63) is 35.9 Å². The van der Waals surface area contributed by atoms with Crippen LogP contribution in [0.2, 0.25) is 0 Å². The molecule has 4 heteroatoms. The molecule has 0 fully saturated rings. The Morgan fingerprint density at radius 1 is 1.38 bits per heavy atom. The highest BCUT2D eigenvalue weighted by Crippen LogP contribution is 2.25. The predicted octanol–water partition coefficient (Wildman–Crippen LogP) is 2.10. The van der Waals surface area contributed by atoms with E-state index >= 15 is 0 Å². The highest BCUT2D eigenvalue weighted by atomic mass is 16.5. The smallest absolute Gasteiger partial charge is 0.331 e. The molecule has 1 aromatic carbocycles. The number of aliphatic carboxylic acids is 1. The van der Waals surface area contributed by atoms with Gasteiger partial charge in [0.05, 0.1) is 7.11 Å². The zero-order chi connectivity index (χ0) is 12.0. The van der Waals surface area contributed by atoms with E-state index in [0.29, 0.717) is 11.5 Å². The largest absolute Gasteiger partial charge is 0.493 e. The fourth-order valence-electron chi connectivity index (χ4n) is 1.08. The Morgan fingerprint density at radius 2 is 2.00 bits per heavy atom. The third-order valence-corrected chi connectivity index (χ3v) is 2.03. The number of carboxylic acid groups (broad SMARTS) is 1. The van der Waals surface area contributed by atoms with Gasteiger partial charge in [-0.1, -0.05) is 12.1 Å². The van der Waals surface area contributed by atoms with Crippen LogP contribution >= 0.6 is 0 Å². The first kappa shape index (κ1) is 12.1. The topological polar surface area (TPSA) is 55.8 Å². The summed E-state index contributed by atoms with van der Waals surface area (Å²) in [5.41, 5.74) is 0.259. The van der Waals surface area contributed by atoms with Crippen LogP contribution in [0, 0.1) is 0 Å². The van der Waals surface area contributed by atoms with Crippen molar-refractivity contribution in [2.24, 2.45) is 0 Å². The quantitative estimate of drug-likeness (QED) is 0.775. The van der Waals surface area contributed by atoms with Crippen molar-refractivity contribution in [2.45, 2.75) is 6.92 Å². The number of para-hydroxylation sites is 2. The molecule has 86 valence electrons. The van der Waals surface area contributed by atoms with E-state index in [1.807, 2.05) is 12.1 Å². The summed E-state index contributed by atoms with van der Waals surface area (Å²) in [6.45, 7) is 1.73. The summed E-state index contributed by atoms with van der Waals surface area (Å²) in [7, 11) is 1.56. The van der Waals surface area contributed by atoms with Crippen molar-refractivity contribution in [3.63, 3.8) is 0 Å². The molecule has 0 saturated heterocycles. The van der Waals surface area contributed by atoms with E-state index in [9.17, 15) is 4.79 Å². The average molecular weight is 222 g/mol. The van der Waals surface area contributed by atoms with E-state index in [1.165, 1.54) is 13.0 Å². The molecule has 0 aromatic heterocycles. The van der Waals surface area contributed by atoms with Gasteiger partial charge in [-0.05, 0) is 25.1 Å². The minimum atomic E-state index is -0.941. The molecule has 0 unspecified atom stereocenters. The Kier molecular flexibility index (Phi) is 4.39. The molecule has 0 amide bonds. The summed E-state index contributed by atoms with van der Waals surface area (Å²) in [6.07, 6.45) is 1.51. The average Bonchev–Trinajstić information content (AvgIpc) is 2.29. The summed E-state index contributed by atoms with van der Waals surface area (Å²) < 4.78 is 10.5. The lowest BCUT2D eigenvalue weighted by Crippen LogP contribution is -2.01. The summed E-state index contributed by atoms with van der Waals surface area (Å²) in [6, 6.07) is 7.21. The van der Waals surface area contributed by atoms with Crippen LogP contribution in [0.3, 0.4) is 0 Å². The van der Waals surface area contributed by atoms with Crippen molar-refractivity contribution < 1.29 is 19.4 Å². The van der Waals surface area contributed by atoms with E-state index in [2.05, 4.69) is 0 Å². The van der Waals surface area contributed by atoms with Gasteiger partial charge in [0.2, 0.25) is 0 Å². The fraction of sp³-hybridized carbons (Fsp3) is 0.250. The first-order valence-electron chi connectivity index (χ1n) is 4.81. The summed E-state index contributed by atoms with van der Waals surface area (Å²) in [5, 5.41) is 8.63. The molecule has 0 radical (unpaired) electrons. The first-order valence-corrected chi connectivity index (χ1v) is 4.81. The fourth-order valence-corrected chi connectivity index (χ4v) is 1.08. The van der Waals surface area contributed by atoms with Gasteiger partial charge in [0, 0.05) is 5.57 Å². The van der Waals surface area contributed by atoms with Crippen molar-refractivity contribution in [1.29, 1.82) is 0 Å². The van der Waals surface area contributed by atoms with E-state index in [1.54, 1.807) is 19.2 Å². The zero-order valence-corrected chi connectivity index (χ0v) is 9.27. The third-order valence-electron chi connectivity index (χ3n) is 2.03. The monoisotopic (exact) mass is 222 g/mol. The number of ether oxygens (including phenoxy) is 2. The molecule has 1 rings (SSSR count). The first-order chi connectivity index (χ1) is 7.65. The van der Waals surface area contributed by atoms with Crippen LogP contribution in [-0.4, -0.2) is 24.8 Å². The van der Waals surface area contributed by atoms with Crippen LogP contribution in [0.5, 0.6) is 11.5 Å². The highest BCUT2D eigenvalue weighted by molar-refractivity contribution is 5.85. The molecule has 0 aliphatic rings. The Hall–Kier alpha value is -1.97. The molecule has 4 nitrogen and oxygen atoms in total. The highest BCUT2D eigenvalue weighted by Gasteiger charge is 2.02. The Balaban J connectivity index is 2.61. The Bertz CT molecular complexity index is 396. The number of benzene rings is 1. The predicted molar refractivity (Wildman–Crippen MR) is 59.9 cm³/mol. The minimum absolute atomic E-state index is 0.207. The van der Waals surface area contributed by atoms with Crippen LogP contribution in [0.1, 0.15) is 6.92 Å². The molecule has 1 N–H and O–H groups in total. The molecule has 0 spiro atoms. The van der Waals surface area contributed by atoms with Gasteiger partial charge < -0.3 is 14.6 Å². The lowest BCUT2D eigenvalue weighted by molar-refractivity contribution is -0.132. The van der Waals surface area contributed by atoms with Crippen molar-refractivity contribution in [1.82, 2.24) is 0 Å². The molecule has 16 heavy (non-hydrogen) atoms. The van der Waals surface area contributed by atoms with Gasteiger partial charge in [-0.25, -0.2) is 4.79 Å². The number of methoxy groups -OCH3 is 1. The van der Waals surface area contributed by atoms with Gasteiger partial charge in [-0.3, -0.25) is 0 Å². The minimum Gasteiger partial charge on any atom is -0.493 e. The van der Waals surface area contributed by atoms with Crippen LogP contribution in [0.15, 0.2) is 35.9 Å². The van der Waals surface area contributed by atoms with Crippen LogP contribution in [0.25, 0.3) is 0 Å². The maximum atomic E-state index is 10.5. The van der Waals surface area contributed by atoms with Crippen molar-refractivity contribution >= 4 is 5.97 Å². The van der Waals surface area contributed by atoms with Gasteiger partial charge in [0.1, 0.15) is 6.61 Å².